The van der Waals surface area contributed by atoms with Crippen LogP contribution in [-0.4, -0.2) is 46.1 Å². The summed E-state index contributed by atoms with van der Waals surface area (Å²) in [5.74, 6) is -0.135. The van der Waals surface area contributed by atoms with Gasteiger partial charge in [-0.2, -0.15) is 0 Å². The summed E-state index contributed by atoms with van der Waals surface area (Å²) in [7, 11) is -2.15. The molecule has 0 aliphatic heterocycles. The van der Waals surface area contributed by atoms with Crippen molar-refractivity contribution in [2.45, 2.75) is 11.3 Å². The van der Waals surface area contributed by atoms with Gasteiger partial charge in [-0.1, -0.05) is 0 Å². The topological polar surface area (TPSA) is 123 Å². The molecule has 0 bridgehead atoms. The molecule has 20 heavy (non-hydrogen) atoms. The van der Waals surface area contributed by atoms with Crippen LogP contribution in [0.3, 0.4) is 0 Å². The molecule has 1 aromatic heterocycles. The number of rotatable bonds is 8. The van der Waals surface area contributed by atoms with Gasteiger partial charge in [-0.15, -0.1) is 0 Å². The van der Waals surface area contributed by atoms with Gasteiger partial charge in [0.15, 0.2) is 0 Å². The van der Waals surface area contributed by atoms with Crippen LogP contribution in [0.5, 0.6) is 0 Å². The number of carbonyl (C=O) groups is 1. The number of nitrogens with one attached hydrogen (secondary N) is 2. The summed E-state index contributed by atoms with van der Waals surface area (Å²) in [5.41, 5.74) is 5.42. The average Bonchev–Trinajstić information content (AvgIpc) is 2.39. The van der Waals surface area contributed by atoms with Gasteiger partial charge in [0, 0.05) is 38.9 Å². The van der Waals surface area contributed by atoms with Crippen molar-refractivity contribution in [3.05, 3.63) is 18.3 Å². The first-order valence-corrected chi connectivity index (χ1v) is 7.41. The summed E-state index contributed by atoms with van der Waals surface area (Å²) >= 11 is 0. The van der Waals surface area contributed by atoms with Crippen LogP contribution in [0.4, 0.5) is 5.82 Å². The summed E-state index contributed by atoms with van der Waals surface area (Å²) in [6.45, 7) is 0.806. The highest BCUT2D eigenvalue weighted by Crippen LogP contribution is 2.09. The van der Waals surface area contributed by atoms with Crippen molar-refractivity contribution in [3.63, 3.8) is 0 Å². The number of amides is 1. The van der Waals surface area contributed by atoms with Crippen LogP contribution in [0, 0.1) is 0 Å². The van der Waals surface area contributed by atoms with E-state index >= 15 is 0 Å². The molecule has 1 rings (SSSR count). The van der Waals surface area contributed by atoms with Crippen LogP contribution >= 0.6 is 0 Å². The predicted molar refractivity (Wildman–Crippen MR) is 73.3 cm³/mol. The number of ether oxygens (including phenoxy) is 1. The Hall–Kier alpha value is -1.71. The first-order chi connectivity index (χ1) is 9.45. The predicted octanol–water partition coefficient (Wildman–Crippen LogP) is -0.905. The molecule has 1 heterocycles. The zero-order valence-electron chi connectivity index (χ0n) is 11.1. The van der Waals surface area contributed by atoms with Crippen molar-refractivity contribution in [3.8, 4) is 0 Å². The largest absolute Gasteiger partial charge is 0.384 e. The second-order valence-electron chi connectivity index (χ2n) is 3.91. The molecule has 112 valence electrons. The van der Waals surface area contributed by atoms with Crippen molar-refractivity contribution in [1.29, 1.82) is 0 Å². The van der Waals surface area contributed by atoms with Gasteiger partial charge < -0.3 is 15.8 Å². The number of aromatic nitrogens is 1. The van der Waals surface area contributed by atoms with Crippen molar-refractivity contribution in [1.82, 2.24) is 15.0 Å². The maximum absolute atomic E-state index is 11.9. The van der Waals surface area contributed by atoms with Crippen molar-refractivity contribution < 1.29 is 17.9 Å². The van der Waals surface area contributed by atoms with E-state index in [0.29, 0.717) is 13.2 Å². The number of hydrogen-bond donors (Lipinski definition) is 3. The van der Waals surface area contributed by atoms with E-state index in [2.05, 4.69) is 15.0 Å². The molecule has 0 atom stereocenters. The Kier molecular flexibility index (Phi) is 6.36. The second-order valence-corrected chi connectivity index (χ2v) is 5.67. The smallest absolute Gasteiger partial charge is 0.240 e. The van der Waals surface area contributed by atoms with Crippen molar-refractivity contribution >= 4 is 21.7 Å². The number of pyridine rings is 1. The third-order valence-electron chi connectivity index (χ3n) is 2.34. The second kappa shape index (κ2) is 7.78. The Labute approximate surface area is 117 Å². The maximum Gasteiger partial charge on any atom is 0.240 e. The number of hydrogen-bond acceptors (Lipinski definition) is 6. The molecule has 1 amide bonds. The lowest BCUT2D eigenvalue weighted by molar-refractivity contribution is -0.121. The molecule has 0 fully saturated rings. The standard InChI is InChI=1S/C11H18N4O4S/c1-19-7-6-14-11(16)3-5-15-20(17,18)9-2-4-13-10(12)8-9/h2,4,8,15H,3,5-7H2,1H3,(H2,12,13)(H,14,16). The number of nitrogens with two attached hydrogens (primary N) is 1. The third kappa shape index (κ3) is 5.51. The van der Waals surface area contributed by atoms with Crippen molar-refractivity contribution in [2.75, 3.05) is 32.5 Å². The Balaban J connectivity index is 2.43. The number of methoxy groups -OCH3 is 1. The Morgan fingerprint density at radius 2 is 2.20 bits per heavy atom. The molecule has 9 heteroatoms. The van der Waals surface area contributed by atoms with E-state index in [1.165, 1.54) is 25.4 Å². The van der Waals surface area contributed by atoms with Crippen LogP contribution in [0.15, 0.2) is 23.2 Å². The molecule has 0 spiro atoms. The number of sulfonamides is 1. The van der Waals surface area contributed by atoms with Gasteiger partial charge in [0.05, 0.1) is 11.5 Å². The molecular formula is C11H18N4O4S. The first-order valence-electron chi connectivity index (χ1n) is 5.92. The molecule has 0 aromatic carbocycles. The van der Waals surface area contributed by atoms with Crippen molar-refractivity contribution in [2.24, 2.45) is 0 Å². The summed E-state index contributed by atoms with van der Waals surface area (Å²) in [6, 6.07) is 2.58. The highest BCUT2D eigenvalue weighted by molar-refractivity contribution is 7.89. The average molecular weight is 302 g/mol. The number of nitrogens with zero attached hydrogens (tertiary/aromatic N) is 1. The van der Waals surface area contributed by atoms with E-state index in [1.807, 2.05) is 0 Å². The highest BCUT2D eigenvalue weighted by Gasteiger charge is 2.14. The molecular weight excluding hydrogens is 284 g/mol. The quantitative estimate of drug-likeness (QED) is 0.534. The van der Waals surface area contributed by atoms with Crippen LogP contribution < -0.4 is 15.8 Å². The molecule has 8 nitrogen and oxygen atoms in total. The Morgan fingerprint density at radius 3 is 2.85 bits per heavy atom. The molecule has 0 saturated heterocycles. The minimum absolute atomic E-state index is 0.00335. The fourth-order valence-electron chi connectivity index (χ4n) is 1.36. The van der Waals surface area contributed by atoms with Gasteiger partial charge in [0.2, 0.25) is 15.9 Å². The van der Waals surface area contributed by atoms with E-state index in [4.69, 9.17) is 10.5 Å². The van der Waals surface area contributed by atoms with Gasteiger partial charge in [0.25, 0.3) is 0 Å². The van der Waals surface area contributed by atoms with E-state index in [0.717, 1.165) is 0 Å². The van der Waals surface area contributed by atoms with Crippen LogP contribution in [0.2, 0.25) is 0 Å². The fourth-order valence-corrected chi connectivity index (χ4v) is 2.41. The van der Waals surface area contributed by atoms with E-state index in [9.17, 15) is 13.2 Å². The molecule has 0 aliphatic rings. The lowest BCUT2D eigenvalue weighted by Gasteiger charge is -2.07. The van der Waals surface area contributed by atoms with Crippen LogP contribution in [-0.2, 0) is 19.6 Å². The molecule has 0 unspecified atom stereocenters. The maximum atomic E-state index is 11.9. The number of carbonyl (C=O) groups excluding carboxylic acids is 1. The van der Waals surface area contributed by atoms with Gasteiger partial charge in [-0.05, 0) is 6.07 Å². The summed E-state index contributed by atoms with van der Waals surface area (Å²) in [6.07, 6.45) is 1.35. The summed E-state index contributed by atoms with van der Waals surface area (Å²) in [5, 5.41) is 2.59. The van der Waals surface area contributed by atoms with E-state index in [1.54, 1.807) is 0 Å². The summed E-state index contributed by atoms with van der Waals surface area (Å²) < 4.78 is 30.9. The van der Waals surface area contributed by atoms with Gasteiger partial charge in [-0.3, -0.25) is 4.79 Å². The highest BCUT2D eigenvalue weighted by atomic mass is 32.2. The molecule has 0 saturated carbocycles. The van der Waals surface area contributed by atoms with Gasteiger partial charge in [0.1, 0.15) is 5.82 Å². The number of anilines is 1. The zero-order chi connectivity index (χ0) is 15.0. The van der Waals surface area contributed by atoms with E-state index < -0.39 is 10.0 Å². The van der Waals surface area contributed by atoms with Crippen LogP contribution in [0.1, 0.15) is 6.42 Å². The molecule has 0 aliphatic carbocycles. The fraction of sp³-hybridized carbons (Fsp3) is 0.455. The normalized spacial score (nSPS) is 11.2. The zero-order valence-corrected chi connectivity index (χ0v) is 11.9. The van der Waals surface area contributed by atoms with Gasteiger partial charge >= 0.3 is 0 Å². The summed E-state index contributed by atoms with van der Waals surface area (Å²) in [4.78, 5) is 15.1. The number of nitrogen functional groups attached to an aromatic ring is 1. The Bertz CT molecular complexity index is 547. The lowest BCUT2D eigenvalue weighted by atomic mass is 10.4. The molecule has 4 N–H and O–H groups in total. The molecule has 0 radical (unpaired) electrons. The lowest BCUT2D eigenvalue weighted by Crippen LogP contribution is -2.32. The minimum Gasteiger partial charge on any atom is -0.384 e. The monoisotopic (exact) mass is 302 g/mol. The van der Waals surface area contributed by atoms with Gasteiger partial charge in [-0.25, -0.2) is 18.1 Å². The Morgan fingerprint density at radius 1 is 1.45 bits per heavy atom. The third-order valence-corrected chi connectivity index (χ3v) is 3.79. The minimum atomic E-state index is -3.68. The van der Waals surface area contributed by atoms with E-state index in [-0.39, 0.29) is 29.6 Å². The van der Waals surface area contributed by atoms with Crippen LogP contribution in [0.25, 0.3) is 0 Å². The molecule has 1 aromatic rings. The first kappa shape index (κ1) is 16.3. The SMILES string of the molecule is COCCNC(=O)CCNS(=O)(=O)c1ccnc(N)c1.